The number of aliphatic hydroxyl groups is 2. The smallest absolute Gasteiger partial charge is 0.230 e. The molecule has 0 rings (SSSR count). The van der Waals surface area contributed by atoms with Crippen molar-refractivity contribution >= 4 is 5.78 Å². The van der Waals surface area contributed by atoms with Gasteiger partial charge in [-0.2, -0.15) is 0 Å². The number of aliphatic hydroxyl groups excluding tert-OH is 2. The highest BCUT2D eigenvalue weighted by atomic mass is 16.3. The van der Waals surface area contributed by atoms with Crippen molar-refractivity contribution in [2.75, 3.05) is 13.2 Å². The maximum absolute atomic E-state index is 10.3. The standard InChI is InChI=1S/C8H8O3/c9-6-4-2-1-3-5-8(11)7-10/h9-10H,1,6-7H2. The Balaban J connectivity index is 3.64. The molecule has 0 aliphatic rings. The Kier molecular flexibility index (Phi) is 6.02. The first-order valence-electron chi connectivity index (χ1n) is 3.00. The van der Waals surface area contributed by atoms with Crippen LogP contribution in [0, 0.1) is 23.7 Å². The lowest BCUT2D eigenvalue weighted by molar-refractivity contribution is -0.116. The van der Waals surface area contributed by atoms with Gasteiger partial charge in [0, 0.05) is 0 Å². The van der Waals surface area contributed by atoms with E-state index in [0.717, 1.165) is 0 Å². The van der Waals surface area contributed by atoms with Crippen molar-refractivity contribution < 1.29 is 15.0 Å². The lowest BCUT2D eigenvalue weighted by Gasteiger charge is -1.76. The predicted molar refractivity (Wildman–Crippen MR) is 39.3 cm³/mol. The van der Waals surface area contributed by atoms with Crippen LogP contribution in [0.3, 0.4) is 0 Å². The molecule has 0 aliphatic heterocycles. The molecule has 0 saturated carbocycles. The van der Waals surface area contributed by atoms with E-state index < -0.39 is 12.4 Å². The summed E-state index contributed by atoms with van der Waals surface area (Å²) in [5.74, 6) is 8.95. The van der Waals surface area contributed by atoms with E-state index in [-0.39, 0.29) is 13.0 Å². The van der Waals surface area contributed by atoms with Crippen molar-refractivity contribution in [3.63, 3.8) is 0 Å². The maximum Gasteiger partial charge on any atom is 0.230 e. The van der Waals surface area contributed by atoms with Gasteiger partial charge >= 0.3 is 0 Å². The molecular weight excluding hydrogens is 144 g/mol. The second kappa shape index (κ2) is 6.82. The van der Waals surface area contributed by atoms with Gasteiger partial charge in [0.1, 0.15) is 13.2 Å². The quantitative estimate of drug-likeness (QED) is 0.372. The molecule has 0 aromatic rings. The van der Waals surface area contributed by atoms with E-state index in [2.05, 4.69) is 23.7 Å². The molecule has 0 unspecified atom stereocenters. The molecule has 0 fully saturated rings. The summed E-state index contributed by atoms with van der Waals surface area (Å²) in [5.41, 5.74) is 0. The van der Waals surface area contributed by atoms with Gasteiger partial charge in [-0.15, -0.1) is 0 Å². The summed E-state index contributed by atoms with van der Waals surface area (Å²) < 4.78 is 0. The summed E-state index contributed by atoms with van der Waals surface area (Å²) >= 11 is 0. The highest BCUT2D eigenvalue weighted by Gasteiger charge is 1.87. The first-order valence-corrected chi connectivity index (χ1v) is 3.00. The zero-order valence-electron chi connectivity index (χ0n) is 5.92. The van der Waals surface area contributed by atoms with Crippen molar-refractivity contribution in [2.24, 2.45) is 0 Å². The van der Waals surface area contributed by atoms with Crippen LogP contribution in [0.5, 0.6) is 0 Å². The number of hydrogen-bond donors (Lipinski definition) is 2. The molecule has 0 aromatic heterocycles. The molecule has 3 nitrogen and oxygen atoms in total. The molecule has 0 aromatic carbocycles. The minimum atomic E-state index is -0.555. The Morgan fingerprint density at radius 1 is 1.18 bits per heavy atom. The van der Waals surface area contributed by atoms with E-state index >= 15 is 0 Å². The number of carbonyl (C=O) groups excluding carboxylic acids is 1. The zero-order valence-corrected chi connectivity index (χ0v) is 5.92. The maximum atomic E-state index is 10.3. The summed E-state index contributed by atoms with van der Waals surface area (Å²) in [6.45, 7) is -0.754. The van der Waals surface area contributed by atoms with Crippen LogP contribution < -0.4 is 0 Å². The fourth-order valence-electron chi connectivity index (χ4n) is 0.345. The predicted octanol–water partition coefficient (Wildman–Crippen LogP) is -1.06. The van der Waals surface area contributed by atoms with Crippen LogP contribution in [0.1, 0.15) is 6.42 Å². The third-order valence-electron chi connectivity index (χ3n) is 0.752. The Hall–Kier alpha value is -1.29. The molecule has 58 valence electrons. The number of carbonyl (C=O) groups is 1. The molecule has 0 saturated heterocycles. The van der Waals surface area contributed by atoms with Gasteiger partial charge in [-0.05, 0) is 5.92 Å². The van der Waals surface area contributed by atoms with E-state index in [1.807, 2.05) is 0 Å². The number of ketones is 1. The monoisotopic (exact) mass is 152 g/mol. The molecule has 0 bridgehead atoms. The first-order chi connectivity index (χ1) is 5.31. The average molecular weight is 152 g/mol. The highest BCUT2D eigenvalue weighted by molar-refractivity contribution is 5.96. The van der Waals surface area contributed by atoms with Gasteiger partial charge in [-0.1, -0.05) is 17.8 Å². The van der Waals surface area contributed by atoms with E-state index in [4.69, 9.17) is 10.2 Å². The number of hydrogen-bond acceptors (Lipinski definition) is 3. The third-order valence-corrected chi connectivity index (χ3v) is 0.752. The second-order valence-corrected chi connectivity index (χ2v) is 1.57. The van der Waals surface area contributed by atoms with Gasteiger partial charge < -0.3 is 10.2 Å². The van der Waals surface area contributed by atoms with Gasteiger partial charge in [0.05, 0.1) is 6.42 Å². The zero-order chi connectivity index (χ0) is 8.53. The van der Waals surface area contributed by atoms with Crippen molar-refractivity contribution in [1.82, 2.24) is 0 Å². The van der Waals surface area contributed by atoms with Crippen LogP contribution in [0.4, 0.5) is 0 Å². The SMILES string of the molecule is O=C(C#CCC#CCO)CO. The molecule has 0 spiro atoms. The Morgan fingerprint density at radius 3 is 2.45 bits per heavy atom. The van der Waals surface area contributed by atoms with E-state index in [0.29, 0.717) is 0 Å². The molecule has 2 N–H and O–H groups in total. The van der Waals surface area contributed by atoms with Crippen LogP contribution in [-0.2, 0) is 4.79 Å². The van der Waals surface area contributed by atoms with E-state index in [1.54, 1.807) is 0 Å². The normalized spacial score (nSPS) is 7.09. The van der Waals surface area contributed by atoms with Crippen LogP contribution in [0.25, 0.3) is 0 Å². The van der Waals surface area contributed by atoms with Crippen LogP contribution in [0.2, 0.25) is 0 Å². The summed E-state index contributed by atoms with van der Waals surface area (Å²) in [7, 11) is 0. The fourth-order valence-corrected chi connectivity index (χ4v) is 0.345. The Bertz CT molecular complexity index is 234. The van der Waals surface area contributed by atoms with Gasteiger partial charge in [-0.3, -0.25) is 4.79 Å². The number of rotatable bonds is 1. The van der Waals surface area contributed by atoms with Crippen LogP contribution in [-0.4, -0.2) is 29.2 Å². The third kappa shape index (κ3) is 6.60. The van der Waals surface area contributed by atoms with Gasteiger partial charge in [0.25, 0.3) is 0 Å². The average Bonchev–Trinajstić information content (AvgIpc) is 2.04. The highest BCUT2D eigenvalue weighted by Crippen LogP contribution is 1.71. The Morgan fingerprint density at radius 2 is 1.91 bits per heavy atom. The van der Waals surface area contributed by atoms with Crippen LogP contribution in [0.15, 0.2) is 0 Å². The summed E-state index contributed by atoms with van der Waals surface area (Å²) in [5, 5.41) is 16.4. The van der Waals surface area contributed by atoms with E-state index in [9.17, 15) is 4.79 Å². The molecule has 0 radical (unpaired) electrons. The first kappa shape index (κ1) is 9.71. The summed E-state index contributed by atoms with van der Waals surface area (Å²) in [6.07, 6.45) is 0.242. The van der Waals surface area contributed by atoms with Gasteiger partial charge in [-0.25, -0.2) is 0 Å². The topological polar surface area (TPSA) is 57.5 Å². The van der Waals surface area contributed by atoms with Crippen molar-refractivity contribution in [3.8, 4) is 23.7 Å². The van der Waals surface area contributed by atoms with Gasteiger partial charge in [0.15, 0.2) is 0 Å². The van der Waals surface area contributed by atoms with Crippen LogP contribution >= 0.6 is 0 Å². The summed E-state index contributed by atoms with van der Waals surface area (Å²) in [4.78, 5) is 10.3. The molecule has 0 atom stereocenters. The fraction of sp³-hybridized carbons (Fsp3) is 0.375. The largest absolute Gasteiger partial charge is 0.387 e. The molecular formula is C8H8O3. The molecule has 3 heteroatoms. The molecule has 0 heterocycles. The molecule has 0 amide bonds. The lowest BCUT2D eigenvalue weighted by Crippen LogP contribution is -1.98. The lowest BCUT2D eigenvalue weighted by atomic mass is 10.3. The van der Waals surface area contributed by atoms with Crippen molar-refractivity contribution in [1.29, 1.82) is 0 Å². The minimum Gasteiger partial charge on any atom is -0.387 e. The number of Topliss-reactive ketones (excluding diaryl/α,β-unsaturated/α-hetero) is 1. The van der Waals surface area contributed by atoms with Crippen molar-refractivity contribution in [3.05, 3.63) is 0 Å². The molecule has 11 heavy (non-hydrogen) atoms. The summed E-state index contributed by atoms with van der Waals surface area (Å²) in [6, 6.07) is 0. The minimum absolute atomic E-state index is 0.199. The van der Waals surface area contributed by atoms with E-state index in [1.165, 1.54) is 0 Å². The second-order valence-electron chi connectivity index (χ2n) is 1.57. The Labute approximate surface area is 65.0 Å². The van der Waals surface area contributed by atoms with Crippen molar-refractivity contribution in [2.45, 2.75) is 6.42 Å². The van der Waals surface area contributed by atoms with Gasteiger partial charge in [0.2, 0.25) is 5.78 Å². The molecule has 0 aliphatic carbocycles.